The fourth-order valence-electron chi connectivity index (χ4n) is 3.39. The van der Waals surface area contributed by atoms with Crippen molar-refractivity contribution in [3.8, 4) is 11.5 Å². The Balaban J connectivity index is 1.85. The van der Waals surface area contributed by atoms with Crippen molar-refractivity contribution in [3.05, 3.63) is 47.5 Å². The third-order valence-corrected chi connectivity index (χ3v) is 6.60. The Kier molecular flexibility index (Phi) is 7.87. The molecule has 7 heteroatoms. The number of anilines is 1. The number of aromatic nitrogens is 1. The lowest BCUT2D eigenvalue weighted by molar-refractivity contribution is -0.120. The Morgan fingerprint density at radius 2 is 1.74 bits per heavy atom. The van der Waals surface area contributed by atoms with Crippen molar-refractivity contribution in [2.45, 2.75) is 27.7 Å². The number of likely N-dealkylation sites (N-methyl/N-ethyl adjacent to an activating group) is 1. The van der Waals surface area contributed by atoms with Gasteiger partial charge < -0.3 is 14.4 Å². The first-order chi connectivity index (χ1) is 15.0. The number of ether oxygens (including phenoxy) is 2. The van der Waals surface area contributed by atoms with E-state index in [1.54, 1.807) is 29.4 Å². The van der Waals surface area contributed by atoms with Crippen molar-refractivity contribution in [1.29, 1.82) is 0 Å². The number of aryl methyl sites for hydroxylation is 2. The number of thiazole rings is 1. The van der Waals surface area contributed by atoms with Gasteiger partial charge in [-0.1, -0.05) is 43.4 Å². The number of fused-ring (bicyclic) bond motifs is 1. The normalized spacial score (nSPS) is 11.2. The van der Waals surface area contributed by atoms with E-state index in [0.717, 1.165) is 35.4 Å². The second-order valence-electron chi connectivity index (χ2n) is 7.36. The predicted octanol–water partition coefficient (Wildman–Crippen LogP) is 4.68. The van der Waals surface area contributed by atoms with Gasteiger partial charge in [-0.2, -0.15) is 0 Å². The van der Waals surface area contributed by atoms with Crippen molar-refractivity contribution in [1.82, 2.24) is 9.88 Å². The quantitative estimate of drug-likeness (QED) is 0.457. The van der Waals surface area contributed by atoms with Gasteiger partial charge in [-0.25, -0.2) is 4.98 Å². The highest BCUT2D eigenvalue weighted by Gasteiger charge is 2.22. The molecule has 3 aromatic rings. The van der Waals surface area contributed by atoms with Gasteiger partial charge in [0, 0.05) is 13.1 Å². The molecular formula is C24H31N3O3S. The van der Waals surface area contributed by atoms with Gasteiger partial charge in [0.15, 0.2) is 23.2 Å². The van der Waals surface area contributed by atoms with Gasteiger partial charge >= 0.3 is 0 Å². The molecule has 0 aliphatic carbocycles. The maximum atomic E-state index is 13.2. The van der Waals surface area contributed by atoms with Gasteiger partial charge in [-0.15, -0.1) is 0 Å². The van der Waals surface area contributed by atoms with Crippen LogP contribution < -0.4 is 14.4 Å². The summed E-state index contributed by atoms with van der Waals surface area (Å²) >= 11 is 1.55. The zero-order valence-electron chi connectivity index (χ0n) is 19.0. The zero-order chi connectivity index (χ0) is 22.4. The van der Waals surface area contributed by atoms with E-state index >= 15 is 0 Å². The number of hydrogen-bond donors (Lipinski definition) is 0. The number of benzene rings is 2. The molecule has 0 radical (unpaired) electrons. The second kappa shape index (κ2) is 10.6. The molecule has 1 aromatic heterocycles. The molecule has 0 spiro atoms. The number of hydrogen-bond acceptors (Lipinski definition) is 6. The Bertz CT molecular complexity index is 1030. The first-order valence-corrected chi connectivity index (χ1v) is 11.4. The molecule has 0 bridgehead atoms. The summed E-state index contributed by atoms with van der Waals surface area (Å²) in [7, 11) is 1.59. The highest BCUT2D eigenvalue weighted by molar-refractivity contribution is 7.22. The summed E-state index contributed by atoms with van der Waals surface area (Å²) in [5, 5.41) is 0.712. The van der Waals surface area contributed by atoms with E-state index in [1.807, 2.05) is 18.2 Å². The van der Waals surface area contributed by atoms with E-state index in [1.165, 1.54) is 5.56 Å². The number of para-hydroxylation sites is 2. The van der Waals surface area contributed by atoms with E-state index < -0.39 is 0 Å². The Morgan fingerprint density at radius 1 is 1.03 bits per heavy atom. The molecule has 0 aliphatic rings. The first kappa shape index (κ1) is 23.0. The second-order valence-corrected chi connectivity index (χ2v) is 8.37. The van der Waals surface area contributed by atoms with Gasteiger partial charge in [0.2, 0.25) is 0 Å². The molecule has 3 rings (SSSR count). The number of methoxy groups -OCH3 is 1. The van der Waals surface area contributed by atoms with Crippen LogP contribution in [0.3, 0.4) is 0 Å². The molecule has 2 aromatic carbocycles. The third kappa shape index (κ3) is 5.35. The number of rotatable bonds is 10. The van der Waals surface area contributed by atoms with Crippen molar-refractivity contribution >= 4 is 32.6 Å². The molecule has 0 saturated carbocycles. The molecule has 1 amide bonds. The summed E-state index contributed by atoms with van der Waals surface area (Å²) < 4.78 is 12.2. The van der Waals surface area contributed by atoms with Gasteiger partial charge in [-0.3, -0.25) is 9.69 Å². The maximum Gasteiger partial charge on any atom is 0.266 e. The fraction of sp³-hybridized carbons (Fsp3) is 0.417. The topological polar surface area (TPSA) is 54.9 Å². The molecule has 0 aliphatic heterocycles. The van der Waals surface area contributed by atoms with Crippen LogP contribution in [0.25, 0.3) is 10.2 Å². The molecule has 1 heterocycles. The SMILES string of the molecule is CCN(CC)CCN(C(=O)COc1ccccc1OC)c1nc2c(C)c(C)ccc2s1. The van der Waals surface area contributed by atoms with Crippen LogP contribution in [0.1, 0.15) is 25.0 Å². The summed E-state index contributed by atoms with van der Waals surface area (Å²) in [6, 6.07) is 11.5. The lowest BCUT2D eigenvalue weighted by Crippen LogP contribution is -2.41. The monoisotopic (exact) mass is 441 g/mol. The van der Waals surface area contributed by atoms with Crippen LogP contribution in [0.2, 0.25) is 0 Å². The van der Waals surface area contributed by atoms with E-state index in [2.05, 4.69) is 44.7 Å². The highest BCUT2D eigenvalue weighted by atomic mass is 32.1. The lowest BCUT2D eigenvalue weighted by atomic mass is 10.1. The third-order valence-electron chi connectivity index (χ3n) is 5.56. The fourth-order valence-corrected chi connectivity index (χ4v) is 4.46. The predicted molar refractivity (Wildman–Crippen MR) is 128 cm³/mol. The number of nitrogens with zero attached hydrogens (tertiary/aromatic N) is 3. The van der Waals surface area contributed by atoms with E-state index in [9.17, 15) is 4.79 Å². The molecule has 0 N–H and O–H groups in total. The van der Waals surface area contributed by atoms with Crippen molar-refractivity contribution < 1.29 is 14.3 Å². The van der Waals surface area contributed by atoms with Crippen molar-refractivity contribution in [2.75, 3.05) is 44.8 Å². The van der Waals surface area contributed by atoms with Crippen LogP contribution in [0, 0.1) is 13.8 Å². The van der Waals surface area contributed by atoms with Gasteiger partial charge in [0.1, 0.15) is 0 Å². The van der Waals surface area contributed by atoms with Crippen LogP contribution in [0.15, 0.2) is 36.4 Å². The van der Waals surface area contributed by atoms with Crippen LogP contribution in [-0.2, 0) is 4.79 Å². The van der Waals surface area contributed by atoms with Crippen LogP contribution in [0.5, 0.6) is 11.5 Å². The summed E-state index contributed by atoms with van der Waals surface area (Å²) in [4.78, 5) is 22.1. The highest BCUT2D eigenvalue weighted by Crippen LogP contribution is 2.32. The smallest absolute Gasteiger partial charge is 0.266 e. The maximum absolute atomic E-state index is 13.2. The van der Waals surface area contributed by atoms with E-state index in [0.29, 0.717) is 23.2 Å². The average molecular weight is 442 g/mol. The zero-order valence-corrected chi connectivity index (χ0v) is 19.8. The van der Waals surface area contributed by atoms with Crippen LogP contribution in [-0.4, -0.2) is 55.7 Å². The number of amides is 1. The van der Waals surface area contributed by atoms with Crippen molar-refractivity contribution in [2.24, 2.45) is 0 Å². The van der Waals surface area contributed by atoms with Gasteiger partial charge in [-0.05, 0) is 56.3 Å². The Hall–Kier alpha value is -2.64. The van der Waals surface area contributed by atoms with Gasteiger partial charge in [0.05, 0.1) is 17.3 Å². The van der Waals surface area contributed by atoms with E-state index in [-0.39, 0.29) is 12.5 Å². The number of carbonyl (C=O) groups excluding carboxylic acids is 1. The van der Waals surface area contributed by atoms with E-state index in [4.69, 9.17) is 14.5 Å². The summed E-state index contributed by atoms with van der Waals surface area (Å²) in [5.74, 6) is 1.04. The first-order valence-electron chi connectivity index (χ1n) is 10.6. The lowest BCUT2D eigenvalue weighted by Gasteiger charge is -2.24. The molecule has 0 saturated heterocycles. The molecule has 166 valence electrons. The molecule has 31 heavy (non-hydrogen) atoms. The molecule has 0 unspecified atom stereocenters. The summed E-state index contributed by atoms with van der Waals surface area (Å²) in [6.45, 7) is 11.6. The molecule has 0 atom stereocenters. The molecular weight excluding hydrogens is 410 g/mol. The Labute approximate surface area is 188 Å². The minimum Gasteiger partial charge on any atom is -0.493 e. The minimum atomic E-state index is -0.119. The summed E-state index contributed by atoms with van der Waals surface area (Å²) in [6.07, 6.45) is 0. The molecule has 6 nitrogen and oxygen atoms in total. The minimum absolute atomic E-state index is 0.0768. The number of carbonyl (C=O) groups is 1. The van der Waals surface area contributed by atoms with Crippen LogP contribution >= 0.6 is 11.3 Å². The standard InChI is InChI=1S/C24H31N3O3S/c1-6-26(7-2)14-15-27(22(28)16-30-20-11-9-8-10-19(20)29-5)24-25-23-18(4)17(3)12-13-21(23)31-24/h8-13H,6-7,14-16H2,1-5H3. The molecule has 0 fully saturated rings. The average Bonchev–Trinajstić information content (AvgIpc) is 3.22. The largest absolute Gasteiger partial charge is 0.493 e. The van der Waals surface area contributed by atoms with Crippen molar-refractivity contribution in [3.63, 3.8) is 0 Å². The summed E-state index contributed by atoms with van der Waals surface area (Å²) in [5.41, 5.74) is 3.32. The van der Waals surface area contributed by atoms with Gasteiger partial charge in [0.25, 0.3) is 5.91 Å². The van der Waals surface area contributed by atoms with Crippen LogP contribution in [0.4, 0.5) is 5.13 Å². The Morgan fingerprint density at radius 3 is 2.42 bits per heavy atom.